The third-order valence-corrected chi connectivity index (χ3v) is 4.96. The van der Waals surface area contributed by atoms with E-state index >= 15 is 0 Å². The second-order valence-corrected chi connectivity index (χ2v) is 7.72. The predicted molar refractivity (Wildman–Crippen MR) is 118 cm³/mol. The second kappa shape index (κ2) is 9.01. The Balaban J connectivity index is 2.21. The normalized spacial score (nSPS) is 11.0. The van der Waals surface area contributed by atoms with Gasteiger partial charge in [-0.3, -0.25) is 4.98 Å². The zero-order chi connectivity index (χ0) is 21.0. The molecule has 0 saturated carbocycles. The van der Waals surface area contributed by atoms with Crippen LogP contribution in [0.1, 0.15) is 41.0 Å². The highest BCUT2D eigenvalue weighted by Crippen LogP contribution is 2.32. The molecular weight excluding hydrogens is 360 g/mol. The second-order valence-electron chi connectivity index (χ2n) is 7.72. The minimum absolute atomic E-state index is 0.355. The first-order chi connectivity index (χ1) is 13.9. The minimum Gasteiger partial charge on any atom is -0.465 e. The van der Waals surface area contributed by atoms with E-state index in [1.165, 1.54) is 12.7 Å². The fourth-order valence-corrected chi connectivity index (χ4v) is 3.47. The Morgan fingerprint density at radius 2 is 1.79 bits per heavy atom. The standard InChI is InChI=1S/C25H28N2O2/c1-16(2)12-24-22(15-26)21(18-10-8-17(3)9-11-18)14-23(27-24)19-6-5-7-20(13-19)25(28)29-4/h5-11,13-14,16H,12,15,26H2,1-4H3. The van der Waals surface area contributed by atoms with Crippen LogP contribution in [0, 0.1) is 12.8 Å². The van der Waals surface area contributed by atoms with Crippen LogP contribution in [0.4, 0.5) is 0 Å². The lowest BCUT2D eigenvalue weighted by atomic mass is 9.92. The van der Waals surface area contributed by atoms with Gasteiger partial charge < -0.3 is 10.5 Å². The van der Waals surface area contributed by atoms with E-state index < -0.39 is 0 Å². The molecule has 4 heteroatoms. The number of aryl methyl sites for hydroxylation is 1. The number of ether oxygens (including phenoxy) is 1. The molecule has 0 bridgehead atoms. The van der Waals surface area contributed by atoms with Gasteiger partial charge in [0.1, 0.15) is 0 Å². The molecule has 1 heterocycles. The molecule has 3 aromatic rings. The number of aromatic nitrogens is 1. The molecule has 4 nitrogen and oxygen atoms in total. The molecule has 0 amide bonds. The maximum atomic E-state index is 12.0. The average molecular weight is 389 g/mol. The van der Waals surface area contributed by atoms with Crippen molar-refractivity contribution in [3.8, 4) is 22.4 Å². The van der Waals surface area contributed by atoms with Gasteiger partial charge in [-0.25, -0.2) is 4.79 Å². The van der Waals surface area contributed by atoms with Crippen molar-refractivity contribution < 1.29 is 9.53 Å². The molecule has 150 valence electrons. The maximum absolute atomic E-state index is 12.0. The largest absolute Gasteiger partial charge is 0.465 e. The van der Waals surface area contributed by atoms with Crippen LogP contribution in [0.3, 0.4) is 0 Å². The number of hydrogen-bond acceptors (Lipinski definition) is 4. The number of esters is 1. The molecule has 0 radical (unpaired) electrons. The Morgan fingerprint density at radius 1 is 1.07 bits per heavy atom. The van der Waals surface area contributed by atoms with Gasteiger partial charge in [-0.05, 0) is 54.2 Å². The van der Waals surface area contributed by atoms with Gasteiger partial charge >= 0.3 is 5.97 Å². The van der Waals surface area contributed by atoms with E-state index in [0.29, 0.717) is 18.0 Å². The molecule has 2 aromatic carbocycles. The molecule has 0 aliphatic carbocycles. The molecule has 3 rings (SSSR count). The molecule has 0 saturated heterocycles. The van der Waals surface area contributed by atoms with E-state index in [0.717, 1.165) is 40.1 Å². The highest BCUT2D eigenvalue weighted by atomic mass is 16.5. The number of rotatable bonds is 6. The highest BCUT2D eigenvalue weighted by Gasteiger charge is 2.16. The third kappa shape index (κ3) is 4.72. The molecule has 1 aromatic heterocycles. The van der Waals surface area contributed by atoms with Crippen LogP contribution in [0.5, 0.6) is 0 Å². The summed E-state index contributed by atoms with van der Waals surface area (Å²) >= 11 is 0. The monoisotopic (exact) mass is 388 g/mol. The molecule has 0 aliphatic heterocycles. The van der Waals surface area contributed by atoms with Gasteiger partial charge in [0.15, 0.2) is 0 Å². The van der Waals surface area contributed by atoms with Crippen molar-refractivity contribution in [1.29, 1.82) is 0 Å². The van der Waals surface area contributed by atoms with Crippen molar-refractivity contribution in [3.63, 3.8) is 0 Å². The van der Waals surface area contributed by atoms with Crippen LogP contribution < -0.4 is 5.73 Å². The number of pyridine rings is 1. The Kier molecular flexibility index (Phi) is 6.45. The zero-order valence-corrected chi connectivity index (χ0v) is 17.5. The first kappa shape index (κ1) is 20.7. The van der Waals surface area contributed by atoms with Crippen molar-refractivity contribution in [2.24, 2.45) is 11.7 Å². The SMILES string of the molecule is COC(=O)c1cccc(-c2cc(-c3ccc(C)cc3)c(CN)c(CC(C)C)n2)c1. The number of hydrogen-bond donors (Lipinski definition) is 1. The minimum atomic E-state index is -0.355. The van der Waals surface area contributed by atoms with Gasteiger partial charge in [-0.15, -0.1) is 0 Å². The van der Waals surface area contributed by atoms with Crippen LogP contribution in [-0.4, -0.2) is 18.1 Å². The number of methoxy groups -OCH3 is 1. The van der Waals surface area contributed by atoms with Gasteiger partial charge in [-0.2, -0.15) is 0 Å². The summed E-state index contributed by atoms with van der Waals surface area (Å²) < 4.78 is 4.87. The van der Waals surface area contributed by atoms with Crippen molar-refractivity contribution in [2.75, 3.05) is 7.11 Å². The van der Waals surface area contributed by atoms with Crippen LogP contribution in [0.25, 0.3) is 22.4 Å². The number of benzene rings is 2. The van der Waals surface area contributed by atoms with Crippen LogP contribution in [0.15, 0.2) is 54.6 Å². The lowest BCUT2D eigenvalue weighted by molar-refractivity contribution is 0.0601. The number of nitrogens with zero attached hydrogens (tertiary/aromatic N) is 1. The molecule has 2 N–H and O–H groups in total. The number of nitrogens with two attached hydrogens (primary N) is 1. The average Bonchev–Trinajstić information content (AvgIpc) is 2.73. The predicted octanol–water partition coefficient (Wildman–Crippen LogP) is 5.17. The fraction of sp³-hybridized carbons (Fsp3) is 0.280. The summed E-state index contributed by atoms with van der Waals surface area (Å²) in [5, 5.41) is 0. The quantitative estimate of drug-likeness (QED) is 0.592. The summed E-state index contributed by atoms with van der Waals surface area (Å²) in [7, 11) is 1.39. The molecular formula is C25H28N2O2. The van der Waals surface area contributed by atoms with E-state index in [1.54, 1.807) is 6.07 Å². The summed E-state index contributed by atoms with van der Waals surface area (Å²) in [6.45, 7) is 6.87. The van der Waals surface area contributed by atoms with Crippen LogP contribution in [0.2, 0.25) is 0 Å². The number of carbonyl (C=O) groups excluding carboxylic acids is 1. The summed E-state index contributed by atoms with van der Waals surface area (Å²) in [6.07, 6.45) is 0.843. The zero-order valence-electron chi connectivity index (χ0n) is 17.5. The molecule has 0 spiro atoms. The van der Waals surface area contributed by atoms with Gasteiger partial charge in [0.2, 0.25) is 0 Å². The third-order valence-electron chi connectivity index (χ3n) is 4.96. The Labute approximate surface area is 172 Å². The van der Waals surface area contributed by atoms with Gasteiger partial charge in [0, 0.05) is 17.8 Å². The topological polar surface area (TPSA) is 65.2 Å². The molecule has 0 aliphatic rings. The lowest BCUT2D eigenvalue weighted by Crippen LogP contribution is -2.10. The van der Waals surface area contributed by atoms with Gasteiger partial charge in [-0.1, -0.05) is 55.8 Å². The summed E-state index contributed by atoms with van der Waals surface area (Å²) in [5.41, 5.74) is 13.9. The Bertz CT molecular complexity index is 1010. The van der Waals surface area contributed by atoms with E-state index in [9.17, 15) is 4.79 Å². The number of carbonyl (C=O) groups is 1. The summed E-state index contributed by atoms with van der Waals surface area (Å²) in [6, 6.07) is 17.9. The summed E-state index contributed by atoms with van der Waals surface area (Å²) in [5.74, 6) is 0.0990. The fourth-order valence-electron chi connectivity index (χ4n) is 3.47. The molecule has 29 heavy (non-hydrogen) atoms. The van der Waals surface area contributed by atoms with Crippen LogP contribution >= 0.6 is 0 Å². The van der Waals surface area contributed by atoms with Gasteiger partial charge in [0.25, 0.3) is 0 Å². The first-order valence-corrected chi connectivity index (χ1v) is 9.91. The van der Waals surface area contributed by atoms with E-state index in [2.05, 4.69) is 51.1 Å². The molecule has 0 unspecified atom stereocenters. The lowest BCUT2D eigenvalue weighted by Gasteiger charge is -2.17. The van der Waals surface area contributed by atoms with E-state index in [-0.39, 0.29) is 5.97 Å². The maximum Gasteiger partial charge on any atom is 0.337 e. The summed E-state index contributed by atoms with van der Waals surface area (Å²) in [4.78, 5) is 16.9. The van der Waals surface area contributed by atoms with Crippen molar-refractivity contribution in [1.82, 2.24) is 4.98 Å². The van der Waals surface area contributed by atoms with Crippen molar-refractivity contribution >= 4 is 5.97 Å². The van der Waals surface area contributed by atoms with Crippen LogP contribution in [-0.2, 0) is 17.7 Å². The first-order valence-electron chi connectivity index (χ1n) is 9.91. The van der Waals surface area contributed by atoms with Gasteiger partial charge in [0.05, 0.1) is 18.4 Å². The molecule has 0 atom stereocenters. The Morgan fingerprint density at radius 3 is 2.41 bits per heavy atom. The smallest absolute Gasteiger partial charge is 0.337 e. The highest BCUT2D eigenvalue weighted by molar-refractivity contribution is 5.91. The van der Waals surface area contributed by atoms with E-state index in [1.807, 2.05) is 18.2 Å². The van der Waals surface area contributed by atoms with E-state index in [4.69, 9.17) is 15.5 Å². The Hall–Kier alpha value is -2.98. The van der Waals surface area contributed by atoms with Crippen molar-refractivity contribution in [3.05, 3.63) is 77.0 Å². The van der Waals surface area contributed by atoms with Crippen molar-refractivity contribution in [2.45, 2.75) is 33.7 Å². The molecule has 0 fully saturated rings.